The van der Waals surface area contributed by atoms with Gasteiger partial charge in [-0.15, -0.1) is 0 Å². The number of nitrogens with one attached hydrogen (secondary N) is 1. The molecule has 0 aromatic heterocycles. The number of ether oxygens (including phenoxy) is 3. The van der Waals surface area contributed by atoms with E-state index in [-0.39, 0.29) is 29.6 Å². The van der Waals surface area contributed by atoms with E-state index in [1.807, 2.05) is 0 Å². The zero-order valence-electron chi connectivity index (χ0n) is 17.2. The van der Waals surface area contributed by atoms with Gasteiger partial charge in [-0.25, -0.2) is 8.98 Å². The molecule has 2 aliphatic rings. The second-order valence-corrected chi connectivity index (χ2v) is 7.99. The van der Waals surface area contributed by atoms with E-state index >= 15 is 0 Å². The van der Waals surface area contributed by atoms with Gasteiger partial charge in [-0.2, -0.15) is 8.42 Å². The molecule has 2 fully saturated rings. The molecule has 19 heteroatoms. The first-order chi connectivity index (χ1) is 14.8. The number of carboxylic acids is 1. The second kappa shape index (κ2) is 12.4. The minimum atomic E-state index is -5.27. The Morgan fingerprint density at radius 3 is 2.15 bits per heavy atom. The van der Waals surface area contributed by atoms with Crippen LogP contribution in [0.1, 0.15) is 6.92 Å². The van der Waals surface area contributed by atoms with E-state index in [0.717, 1.165) is 6.92 Å². The van der Waals surface area contributed by atoms with Crippen molar-refractivity contribution in [2.24, 2.45) is 0 Å². The molecule has 10 atom stereocenters. The maximum absolute atomic E-state index is 11.5. The Morgan fingerprint density at radius 2 is 1.67 bits per heavy atom. The van der Waals surface area contributed by atoms with E-state index in [4.69, 9.17) is 19.3 Å². The number of rotatable bonds is 8. The van der Waals surface area contributed by atoms with Gasteiger partial charge in [0.15, 0.2) is 18.7 Å². The van der Waals surface area contributed by atoms with Crippen LogP contribution in [0.5, 0.6) is 0 Å². The first-order valence-corrected chi connectivity index (χ1v) is 10.2. The average molecular weight is 515 g/mol. The Labute approximate surface area is 208 Å². The van der Waals surface area contributed by atoms with Crippen LogP contribution in [0.15, 0.2) is 0 Å². The molecule has 1 amide bonds. The predicted molar refractivity (Wildman–Crippen MR) is 89.6 cm³/mol. The van der Waals surface area contributed by atoms with Crippen LogP contribution < -0.4 is 40.1 Å². The summed E-state index contributed by atoms with van der Waals surface area (Å²) >= 11 is 0. The van der Waals surface area contributed by atoms with Crippen LogP contribution in [-0.2, 0) is 42.7 Å². The summed E-state index contributed by atoms with van der Waals surface area (Å²) in [5, 5.41) is 71.2. The molecule has 0 aliphatic carbocycles. The van der Waals surface area contributed by atoms with Crippen LogP contribution in [0, 0.1) is 0 Å². The van der Waals surface area contributed by atoms with Gasteiger partial charge in [-0.1, -0.05) is 0 Å². The maximum Gasteiger partial charge on any atom is 1.00 e. The van der Waals surface area contributed by atoms with Gasteiger partial charge >= 0.3 is 45.9 Å². The Bertz CT molecular complexity index is 783. The van der Waals surface area contributed by atoms with Gasteiger partial charge in [0.2, 0.25) is 5.91 Å². The van der Waals surface area contributed by atoms with E-state index in [1.54, 1.807) is 0 Å². The molecule has 2 heterocycles. The van der Waals surface area contributed by atoms with Gasteiger partial charge in [0, 0.05) is 6.92 Å². The Kier molecular flexibility index (Phi) is 11.5. The molecule has 2 rings (SSSR count). The zero-order valence-corrected chi connectivity index (χ0v) is 20.0. The van der Waals surface area contributed by atoms with Crippen LogP contribution in [0.3, 0.4) is 0 Å². The van der Waals surface area contributed by atoms with Crippen molar-refractivity contribution in [3.05, 3.63) is 0 Å². The number of hydrogen-bond donors (Lipinski definition) is 7. The number of aliphatic hydroxyl groups is 5. The molecule has 2 aliphatic heterocycles. The number of aliphatic hydroxyl groups excluding tert-OH is 5. The van der Waals surface area contributed by atoms with Crippen molar-refractivity contribution in [2.75, 3.05) is 6.61 Å². The first kappa shape index (κ1) is 30.5. The van der Waals surface area contributed by atoms with Crippen LogP contribution in [-0.4, -0.2) is 119 Å². The standard InChI is InChI=1S/C14H23NO16S.Na/c1-3(17)15-5-10(9(30-32(25,26)31-24)4(2-16)27-13(5)23)28-14-8(20)6(18)7(19)11(29-14)12(21)22;/h4-11,13-14,16,18-20,23-24H,2H2,1H3,(H,15,17)(H,21,22);/q;+1/p-1/t4-,5-,6-,7-,8+,9+,10-,11-,13-,14+;/m1./s1. The summed E-state index contributed by atoms with van der Waals surface area (Å²) in [5.41, 5.74) is 0. The fraction of sp³-hybridized carbons (Fsp3) is 0.857. The Morgan fingerprint density at radius 1 is 1.06 bits per heavy atom. The average Bonchev–Trinajstić information content (AvgIpc) is 2.71. The molecule has 7 N–H and O–H groups in total. The molecule has 186 valence electrons. The van der Waals surface area contributed by atoms with Crippen molar-refractivity contribution in [1.82, 2.24) is 5.32 Å². The van der Waals surface area contributed by atoms with Crippen LogP contribution in [0.4, 0.5) is 0 Å². The van der Waals surface area contributed by atoms with Gasteiger partial charge in [0.25, 0.3) is 0 Å². The number of carboxylic acid groups (broad SMARTS) is 1. The van der Waals surface area contributed by atoms with Gasteiger partial charge in [-0.3, -0.25) is 4.79 Å². The molecular formula is C14H22NNaO16S. The predicted octanol–water partition coefficient (Wildman–Crippen LogP) is -9.60. The summed E-state index contributed by atoms with van der Waals surface area (Å²) in [7, 11) is -5.27. The van der Waals surface area contributed by atoms with E-state index in [1.165, 1.54) is 0 Å². The smallest absolute Gasteiger partial charge is 0.705 e. The molecule has 0 bridgehead atoms. The van der Waals surface area contributed by atoms with Crippen molar-refractivity contribution in [3.8, 4) is 0 Å². The number of carbonyl (C=O) groups is 2. The molecule has 0 radical (unpaired) electrons. The third-order valence-electron chi connectivity index (χ3n) is 4.63. The first-order valence-electron chi connectivity index (χ1n) is 8.87. The number of aliphatic carboxylic acids is 1. The van der Waals surface area contributed by atoms with E-state index < -0.39 is 90.2 Å². The van der Waals surface area contributed by atoms with E-state index in [2.05, 4.69) is 13.8 Å². The molecular weight excluding hydrogens is 493 g/mol. The van der Waals surface area contributed by atoms with E-state index in [9.17, 15) is 48.8 Å². The molecule has 0 aromatic rings. The molecule has 17 nitrogen and oxygen atoms in total. The van der Waals surface area contributed by atoms with Crippen molar-refractivity contribution < 1.29 is 106 Å². The van der Waals surface area contributed by atoms with Gasteiger partial charge in [0.1, 0.15) is 42.7 Å². The molecule has 0 saturated carbocycles. The maximum atomic E-state index is 11.5. The van der Waals surface area contributed by atoms with Crippen molar-refractivity contribution in [1.29, 1.82) is 0 Å². The van der Waals surface area contributed by atoms with Crippen molar-refractivity contribution >= 4 is 22.3 Å². The molecule has 0 unspecified atom stereocenters. The van der Waals surface area contributed by atoms with Crippen LogP contribution in [0.25, 0.3) is 0 Å². The summed E-state index contributed by atoms with van der Waals surface area (Å²) < 4.78 is 45.8. The summed E-state index contributed by atoms with van der Waals surface area (Å²) in [6, 6.07) is -1.69. The number of carbonyl (C=O) groups excluding carboxylic acids is 1. The Hall–Kier alpha value is -0.550. The molecule has 0 aromatic carbocycles. The minimum Gasteiger partial charge on any atom is -0.705 e. The summed E-state index contributed by atoms with van der Waals surface area (Å²) in [5.74, 6) is -2.56. The fourth-order valence-electron chi connectivity index (χ4n) is 3.20. The molecule has 33 heavy (non-hydrogen) atoms. The number of hydrogen-bond acceptors (Lipinski definition) is 15. The third-order valence-corrected chi connectivity index (χ3v) is 5.26. The SMILES string of the molecule is CC(=O)N[C@@H]1[C@@H](O[C@H]2O[C@@H](C(=O)O)[C@H](O)[C@@H](O)[C@@H]2O)[C@@H](OS(=O)(=O)O[O-])[C@@H](CO)O[C@H]1O.[Na+]. The second-order valence-electron chi connectivity index (χ2n) is 6.85. The Balaban J connectivity index is 0.00000544. The summed E-state index contributed by atoms with van der Waals surface area (Å²) in [6.07, 6.45) is -18.1. The fourth-order valence-corrected chi connectivity index (χ4v) is 3.74. The summed E-state index contributed by atoms with van der Waals surface area (Å²) in [4.78, 5) is 22.8. The minimum absolute atomic E-state index is 0. The van der Waals surface area contributed by atoms with Crippen LogP contribution >= 0.6 is 0 Å². The van der Waals surface area contributed by atoms with Crippen molar-refractivity contribution in [3.63, 3.8) is 0 Å². The van der Waals surface area contributed by atoms with Crippen LogP contribution in [0.2, 0.25) is 0 Å². The topological polar surface area (TPSA) is 271 Å². The third kappa shape index (κ3) is 7.22. The summed E-state index contributed by atoms with van der Waals surface area (Å²) in [6.45, 7) is -0.0300. The quantitative estimate of drug-likeness (QED) is 0.0898. The van der Waals surface area contributed by atoms with Gasteiger partial charge < -0.3 is 59.8 Å². The van der Waals surface area contributed by atoms with E-state index in [0.29, 0.717) is 0 Å². The molecule has 0 spiro atoms. The molecule has 2 saturated heterocycles. The zero-order chi connectivity index (χ0) is 24.4. The van der Waals surface area contributed by atoms with Gasteiger partial charge in [0.05, 0.1) is 6.61 Å². The number of amides is 1. The van der Waals surface area contributed by atoms with Gasteiger partial charge in [-0.05, 0) is 0 Å². The van der Waals surface area contributed by atoms with Crippen molar-refractivity contribution in [2.45, 2.75) is 68.3 Å². The largest absolute Gasteiger partial charge is 1.00 e. The monoisotopic (exact) mass is 515 g/mol. The normalized spacial score (nSPS) is 39.4.